The van der Waals surface area contributed by atoms with Crippen molar-refractivity contribution in [1.82, 2.24) is 57.4 Å². The van der Waals surface area contributed by atoms with E-state index in [2.05, 4.69) is 52.5 Å². The van der Waals surface area contributed by atoms with Crippen molar-refractivity contribution in [2.24, 2.45) is 17.4 Å². The third-order valence-corrected chi connectivity index (χ3v) is 13.3. The molecule has 0 radical (unpaired) electrons. The highest BCUT2D eigenvalue weighted by Crippen LogP contribution is 2.22. The lowest BCUT2D eigenvalue weighted by atomic mass is 10.00. The van der Waals surface area contributed by atoms with E-state index in [9.17, 15) is 78.3 Å². The predicted octanol–water partition coefficient (Wildman–Crippen LogP) is -5.61. The number of aromatic amines is 1. The van der Waals surface area contributed by atoms with Gasteiger partial charge in [-0.1, -0.05) is 74.5 Å². The maximum absolute atomic E-state index is 14.6. The van der Waals surface area contributed by atoms with Crippen molar-refractivity contribution < 1.29 is 78.3 Å². The van der Waals surface area contributed by atoms with Crippen LogP contribution < -0.4 is 54.0 Å². The second-order valence-electron chi connectivity index (χ2n) is 20.2. The molecule has 4 rings (SSSR count). The number of hydrogen-bond donors (Lipinski definition) is 16. The number of aliphatic carboxylic acids is 1. The summed E-state index contributed by atoms with van der Waals surface area (Å²) in [4.78, 5) is 156. The molecule has 2 aromatic carbocycles. The number of rotatable bonds is 32. The number of amides is 10. The second-order valence-corrected chi connectivity index (χ2v) is 20.2. The number of likely N-dealkylation sites (tertiary alicyclic amines) is 1. The zero-order chi connectivity index (χ0) is 60.8. The molecular formula is C53H75N13O16. The first-order valence-corrected chi connectivity index (χ1v) is 26.5. The SMILES string of the molecule is CC(C)[C@H](NC(=O)[C@H](Cc1cnc[nH]1)NC(=O)[C@@H](NC(=O)[C@H](CO)NC(=O)[C@H](CCC(N)=O)NC(=O)[C@@H](N)CO)[C@@H](C)O)C(=O)N1CCC[C@H]1C(=O)N[C@@H](Cc1ccccc1)C(=O)N[C@H](C(=O)N[C@@H](Cc1ccccc1)C(=O)O)[C@@H](C)O. The monoisotopic (exact) mass is 1150 g/mol. The highest BCUT2D eigenvalue weighted by Gasteiger charge is 2.42. The molecule has 82 heavy (non-hydrogen) atoms. The summed E-state index contributed by atoms with van der Waals surface area (Å²) < 4.78 is 0. The van der Waals surface area contributed by atoms with Gasteiger partial charge in [0, 0.05) is 44.1 Å². The van der Waals surface area contributed by atoms with Crippen molar-refractivity contribution in [3.8, 4) is 0 Å². The van der Waals surface area contributed by atoms with Crippen LogP contribution in [0.25, 0.3) is 0 Å². The lowest BCUT2D eigenvalue weighted by Gasteiger charge is -2.32. The van der Waals surface area contributed by atoms with Gasteiger partial charge in [0.15, 0.2) is 0 Å². The average molecular weight is 1150 g/mol. The number of aromatic nitrogens is 2. The topological polar surface area (TPSA) is 469 Å². The Kier molecular flexibility index (Phi) is 25.9. The van der Waals surface area contributed by atoms with E-state index in [1.54, 1.807) is 74.5 Å². The fraction of sp³-hybridized carbons (Fsp3) is 0.509. The molecular weight excluding hydrogens is 1070 g/mol. The van der Waals surface area contributed by atoms with Crippen LogP contribution in [0, 0.1) is 5.92 Å². The van der Waals surface area contributed by atoms with Crippen molar-refractivity contribution in [1.29, 1.82) is 0 Å². The Balaban J connectivity index is 1.52. The molecule has 3 aromatic rings. The van der Waals surface area contributed by atoms with Crippen LogP contribution in [0.15, 0.2) is 73.2 Å². The Labute approximate surface area is 471 Å². The number of aliphatic hydroxyl groups is 4. The molecule has 1 saturated heterocycles. The van der Waals surface area contributed by atoms with Gasteiger partial charge >= 0.3 is 5.97 Å². The Bertz CT molecular complexity index is 2660. The van der Waals surface area contributed by atoms with E-state index in [1.807, 2.05) is 0 Å². The van der Waals surface area contributed by atoms with Crippen molar-refractivity contribution >= 4 is 65.0 Å². The van der Waals surface area contributed by atoms with E-state index in [0.29, 0.717) is 23.2 Å². The van der Waals surface area contributed by atoms with Crippen LogP contribution in [-0.2, 0) is 72.0 Å². The molecule has 10 amide bonds. The van der Waals surface area contributed by atoms with Crippen molar-refractivity contribution in [3.05, 3.63) is 90.0 Å². The standard InChI is InChI=1S/C53H75N13O16/c1-27(2)41(63-47(75)36(22-32-23-56-26-57-32)60-50(78)42(28(3)69)65-48(76)38(25-68)62-45(73)34(17-18-40(55)71)58-44(72)33(54)24-67)52(80)66-19-11-16-39(66)49(77)59-35(20-30-12-7-5-8-13-30)46(74)64-43(29(4)70)51(79)61-37(53(81)82)21-31-14-9-6-10-15-31/h5-10,12-15,23,26-29,33-39,41-43,67-70H,11,16-22,24-25,54H2,1-4H3,(H2,55,71)(H,56,57)(H,58,72)(H,59,77)(H,60,78)(H,61,79)(H,62,73)(H,63,75)(H,64,74)(H,65,76)(H,81,82)/t28-,29-,33+,34+,35+,36+,37+,38+,39+,41+,42+,43+/m1/s1. The molecule has 29 nitrogen and oxygen atoms in total. The van der Waals surface area contributed by atoms with Gasteiger partial charge < -0.3 is 89.4 Å². The quantitative estimate of drug-likeness (QED) is 0.0277. The number of carbonyl (C=O) groups excluding carboxylic acids is 10. The second kappa shape index (κ2) is 32.2. The number of carboxylic acid groups (broad SMARTS) is 1. The van der Waals surface area contributed by atoms with Crippen LogP contribution in [0.5, 0.6) is 0 Å². The van der Waals surface area contributed by atoms with Crippen LogP contribution in [0.1, 0.15) is 70.2 Å². The minimum Gasteiger partial charge on any atom is -0.480 e. The zero-order valence-corrected chi connectivity index (χ0v) is 45.8. The number of H-pyrrole nitrogens is 1. The average Bonchev–Trinajstić information content (AvgIpc) is 4.23. The van der Waals surface area contributed by atoms with Gasteiger partial charge in [0.1, 0.15) is 60.4 Å². The zero-order valence-electron chi connectivity index (χ0n) is 45.8. The molecule has 0 spiro atoms. The number of aliphatic hydroxyl groups excluding tert-OH is 4. The van der Waals surface area contributed by atoms with Gasteiger partial charge in [-0.05, 0) is 50.2 Å². The first-order chi connectivity index (χ1) is 38.8. The molecule has 2 heterocycles. The number of hydrogen-bond acceptors (Lipinski definition) is 17. The van der Waals surface area contributed by atoms with Gasteiger partial charge in [0.05, 0.1) is 31.7 Å². The fourth-order valence-electron chi connectivity index (χ4n) is 8.68. The summed E-state index contributed by atoms with van der Waals surface area (Å²) in [6.07, 6.45) is -1.52. The minimum absolute atomic E-state index is 0.0312. The Hall–Kier alpha value is -8.38. The van der Waals surface area contributed by atoms with Gasteiger partial charge in [-0.3, -0.25) is 47.9 Å². The summed E-state index contributed by atoms with van der Waals surface area (Å²) in [5.41, 5.74) is 12.2. The van der Waals surface area contributed by atoms with Crippen molar-refractivity contribution in [3.63, 3.8) is 0 Å². The molecule has 18 N–H and O–H groups in total. The molecule has 1 aliphatic heterocycles. The van der Waals surface area contributed by atoms with Crippen LogP contribution >= 0.6 is 0 Å². The summed E-state index contributed by atoms with van der Waals surface area (Å²) in [5.74, 6) is -11.7. The molecule has 448 valence electrons. The van der Waals surface area contributed by atoms with Gasteiger partial charge in [0.25, 0.3) is 0 Å². The summed E-state index contributed by atoms with van der Waals surface area (Å²) in [6.45, 7) is 3.69. The van der Waals surface area contributed by atoms with E-state index < -0.39 is 163 Å². The lowest BCUT2D eigenvalue weighted by Crippen LogP contribution is -2.63. The normalized spacial score (nSPS) is 17.1. The van der Waals surface area contributed by atoms with E-state index in [4.69, 9.17) is 11.5 Å². The largest absolute Gasteiger partial charge is 0.480 e. The third-order valence-electron chi connectivity index (χ3n) is 13.3. The molecule has 1 fully saturated rings. The summed E-state index contributed by atoms with van der Waals surface area (Å²) in [6, 6.07) is 1.58. The number of nitrogens with two attached hydrogens (primary N) is 2. The minimum atomic E-state index is -1.87. The Morgan fingerprint density at radius 2 is 1.09 bits per heavy atom. The van der Waals surface area contributed by atoms with Crippen LogP contribution in [0.3, 0.4) is 0 Å². The molecule has 0 saturated carbocycles. The first-order valence-electron chi connectivity index (χ1n) is 26.5. The van der Waals surface area contributed by atoms with Crippen molar-refractivity contribution in [2.45, 2.75) is 145 Å². The fourth-order valence-corrected chi connectivity index (χ4v) is 8.68. The molecule has 0 aliphatic carbocycles. The number of carbonyl (C=O) groups is 11. The highest BCUT2D eigenvalue weighted by molar-refractivity contribution is 5.99. The molecule has 29 heteroatoms. The van der Waals surface area contributed by atoms with Crippen molar-refractivity contribution in [2.75, 3.05) is 19.8 Å². The van der Waals surface area contributed by atoms with Gasteiger partial charge in [-0.2, -0.15) is 0 Å². The molecule has 0 unspecified atom stereocenters. The Morgan fingerprint density at radius 1 is 0.610 bits per heavy atom. The number of primary amides is 1. The Morgan fingerprint density at radius 3 is 1.56 bits per heavy atom. The number of nitrogens with one attached hydrogen (secondary N) is 9. The highest BCUT2D eigenvalue weighted by atomic mass is 16.4. The van der Waals surface area contributed by atoms with Gasteiger partial charge in [0.2, 0.25) is 59.1 Å². The number of imidazole rings is 1. The summed E-state index contributed by atoms with van der Waals surface area (Å²) in [7, 11) is 0. The maximum Gasteiger partial charge on any atom is 0.326 e. The molecule has 12 atom stereocenters. The van der Waals surface area contributed by atoms with Gasteiger partial charge in [-0.15, -0.1) is 0 Å². The van der Waals surface area contributed by atoms with Gasteiger partial charge in [-0.25, -0.2) is 9.78 Å². The third kappa shape index (κ3) is 20.0. The van der Waals surface area contributed by atoms with E-state index in [0.717, 1.165) is 6.92 Å². The summed E-state index contributed by atoms with van der Waals surface area (Å²) in [5, 5.41) is 70.1. The number of benzene rings is 2. The lowest BCUT2D eigenvalue weighted by molar-refractivity contribution is -0.144. The van der Waals surface area contributed by atoms with E-state index >= 15 is 0 Å². The smallest absolute Gasteiger partial charge is 0.326 e. The number of carboxylic acids is 1. The predicted molar refractivity (Wildman–Crippen MR) is 289 cm³/mol. The summed E-state index contributed by atoms with van der Waals surface area (Å²) >= 11 is 0. The van der Waals surface area contributed by atoms with Crippen LogP contribution in [0.2, 0.25) is 0 Å². The number of nitrogens with zero attached hydrogens (tertiary/aromatic N) is 2. The molecule has 1 aliphatic rings. The van der Waals surface area contributed by atoms with Crippen LogP contribution in [0.4, 0.5) is 0 Å². The molecule has 1 aromatic heterocycles. The first kappa shape index (κ1) is 66.1. The molecule has 0 bridgehead atoms. The van der Waals surface area contributed by atoms with E-state index in [1.165, 1.54) is 24.3 Å². The maximum atomic E-state index is 14.6. The van der Waals surface area contributed by atoms with E-state index in [-0.39, 0.29) is 38.6 Å². The van der Waals surface area contributed by atoms with Crippen LogP contribution in [-0.4, -0.2) is 198 Å².